The van der Waals surface area contributed by atoms with Crippen LogP contribution in [0.15, 0.2) is 74.3 Å². The van der Waals surface area contributed by atoms with E-state index in [9.17, 15) is 14.0 Å². The van der Waals surface area contributed by atoms with Gasteiger partial charge in [0.25, 0.3) is 5.91 Å². The van der Waals surface area contributed by atoms with Gasteiger partial charge in [-0.2, -0.15) is 0 Å². The van der Waals surface area contributed by atoms with Gasteiger partial charge < -0.3 is 13.9 Å². The average molecular weight is 580 g/mol. The van der Waals surface area contributed by atoms with Gasteiger partial charge >= 0.3 is 0 Å². The summed E-state index contributed by atoms with van der Waals surface area (Å²) in [6.45, 7) is 2.72. The van der Waals surface area contributed by atoms with Gasteiger partial charge in [-0.1, -0.05) is 54.2 Å². The third-order valence-electron chi connectivity index (χ3n) is 6.68. The van der Waals surface area contributed by atoms with Crippen molar-refractivity contribution in [3.63, 3.8) is 0 Å². The minimum Gasteiger partial charge on any atom is -0.493 e. The van der Waals surface area contributed by atoms with Crippen molar-refractivity contribution >= 4 is 38.5 Å². The number of carbonyl (C=O) groups excluding carboxylic acids is 1. The summed E-state index contributed by atoms with van der Waals surface area (Å²) >= 11 is 3.47. The number of methoxy groups -OCH3 is 1. The molecule has 0 radical (unpaired) electrons. The van der Waals surface area contributed by atoms with E-state index in [4.69, 9.17) is 13.9 Å². The van der Waals surface area contributed by atoms with E-state index in [2.05, 4.69) is 22.9 Å². The summed E-state index contributed by atoms with van der Waals surface area (Å²) in [6.07, 6.45) is 4.32. The molecule has 0 bridgehead atoms. The Bertz CT molecular complexity index is 1570. The molecule has 0 aliphatic carbocycles. The number of unbranched alkanes of at least 4 members (excludes halogenated alkanes) is 3. The maximum Gasteiger partial charge on any atom is 0.295 e. The molecule has 0 N–H and O–H groups in total. The van der Waals surface area contributed by atoms with Crippen LogP contribution in [-0.4, -0.2) is 19.6 Å². The highest BCUT2D eigenvalue weighted by molar-refractivity contribution is 9.10. The quantitative estimate of drug-likeness (QED) is 0.193. The molecule has 6 nitrogen and oxygen atoms in total. The van der Waals surface area contributed by atoms with Crippen LogP contribution in [0, 0.1) is 5.82 Å². The van der Waals surface area contributed by atoms with Gasteiger partial charge in [-0.05, 0) is 60.5 Å². The summed E-state index contributed by atoms with van der Waals surface area (Å²) in [5.74, 6) is -0.00394. The molecule has 38 heavy (non-hydrogen) atoms. The first-order valence-corrected chi connectivity index (χ1v) is 13.4. The number of halogens is 2. The third kappa shape index (κ3) is 4.80. The number of anilines is 1. The van der Waals surface area contributed by atoms with E-state index in [1.54, 1.807) is 31.4 Å². The van der Waals surface area contributed by atoms with Crippen molar-refractivity contribution in [3.8, 4) is 11.5 Å². The second kappa shape index (κ2) is 11.0. The van der Waals surface area contributed by atoms with Crippen molar-refractivity contribution in [2.75, 3.05) is 18.6 Å². The number of amides is 1. The third-order valence-corrected chi connectivity index (χ3v) is 7.17. The van der Waals surface area contributed by atoms with Gasteiger partial charge in [0.2, 0.25) is 5.76 Å². The molecule has 5 rings (SSSR count). The largest absolute Gasteiger partial charge is 0.493 e. The zero-order valence-electron chi connectivity index (χ0n) is 21.1. The normalized spacial score (nSPS) is 14.7. The van der Waals surface area contributed by atoms with Crippen molar-refractivity contribution in [3.05, 3.63) is 98.1 Å². The van der Waals surface area contributed by atoms with Gasteiger partial charge in [-0.15, -0.1) is 0 Å². The molecule has 1 unspecified atom stereocenters. The standard InChI is InChI=1S/C30H27BrFNO5/c1-3-4-5-6-14-37-24-12-10-18(15-25(24)36-2)27-26-28(34)22-17-20(32)11-13-23(22)38-29(26)30(35)33(27)21-9-7-8-19(31)16-21/h7-13,15-17,27H,3-6,14H2,1-2H3. The van der Waals surface area contributed by atoms with Crippen molar-refractivity contribution in [2.24, 2.45) is 0 Å². The zero-order chi connectivity index (χ0) is 26.8. The molecular formula is C30H27BrFNO5. The molecule has 196 valence electrons. The van der Waals surface area contributed by atoms with Crippen LogP contribution >= 0.6 is 15.9 Å². The Balaban J connectivity index is 1.63. The Morgan fingerprint density at radius 1 is 1.00 bits per heavy atom. The molecule has 8 heteroatoms. The van der Waals surface area contributed by atoms with E-state index in [1.807, 2.05) is 18.2 Å². The SMILES string of the molecule is CCCCCCOc1ccc(C2c3c(oc4ccc(F)cc4c3=O)C(=O)N2c2cccc(Br)c2)cc1OC. The molecule has 0 saturated carbocycles. The number of rotatable bonds is 9. The Labute approximate surface area is 228 Å². The van der Waals surface area contributed by atoms with Crippen LogP contribution in [0.5, 0.6) is 11.5 Å². The lowest BCUT2D eigenvalue weighted by atomic mass is 9.97. The molecule has 1 aromatic heterocycles. The Morgan fingerprint density at radius 3 is 2.61 bits per heavy atom. The van der Waals surface area contributed by atoms with Crippen molar-refractivity contribution in [2.45, 2.75) is 38.6 Å². The number of benzene rings is 3. The van der Waals surface area contributed by atoms with E-state index < -0.39 is 23.2 Å². The van der Waals surface area contributed by atoms with Crippen LogP contribution < -0.4 is 19.8 Å². The zero-order valence-corrected chi connectivity index (χ0v) is 22.7. The Kier molecular flexibility index (Phi) is 7.51. The first-order valence-electron chi connectivity index (χ1n) is 12.6. The summed E-state index contributed by atoms with van der Waals surface area (Å²) in [5, 5.41) is 0.0802. The van der Waals surface area contributed by atoms with E-state index in [0.29, 0.717) is 29.4 Å². The van der Waals surface area contributed by atoms with Gasteiger partial charge in [-0.25, -0.2) is 4.39 Å². The number of hydrogen-bond acceptors (Lipinski definition) is 5. The predicted molar refractivity (Wildman–Crippen MR) is 148 cm³/mol. The molecule has 3 aromatic carbocycles. The smallest absolute Gasteiger partial charge is 0.295 e. The van der Waals surface area contributed by atoms with Crippen LogP contribution in [-0.2, 0) is 0 Å². The minimum atomic E-state index is -0.816. The van der Waals surface area contributed by atoms with Gasteiger partial charge in [0.1, 0.15) is 11.4 Å². The second-order valence-electron chi connectivity index (χ2n) is 9.19. The number of nitrogens with zero attached hydrogens (tertiary/aromatic N) is 1. The molecule has 1 aliphatic rings. The first kappa shape index (κ1) is 26.0. The fourth-order valence-corrected chi connectivity index (χ4v) is 5.22. The van der Waals surface area contributed by atoms with E-state index in [-0.39, 0.29) is 22.3 Å². The van der Waals surface area contributed by atoms with Crippen molar-refractivity contribution in [1.82, 2.24) is 0 Å². The molecule has 2 heterocycles. The Hall–Kier alpha value is -3.65. The van der Waals surface area contributed by atoms with Gasteiger partial charge in [0, 0.05) is 10.2 Å². The lowest BCUT2D eigenvalue weighted by Crippen LogP contribution is -2.29. The molecule has 0 spiro atoms. The number of hydrogen-bond donors (Lipinski definition) is 0. The van der Waals surface area contributed by atoms with Gasteiger partial charge in [0.05, 0.1) is 30.7 Å². The molecule has 1 aliphatic heterocycles. The van der Waals surface area contributed by atoms with Gasteiger partial charge in [-0.3, -0.25) is 14.5 Å². The van der Waals surface area contributed by atoms with E-state index in [0.717, 1.165) is 36.2 Å². The second-order valence-corrected chi connectivity index (χ2v) is 10.1. The van der Waals surface area contributed by atoms with Gasteiger partial charge in [0.15, 0.2) is 16.9 Å². The maximum absolute atomic E-state index is 14.1. The Morgan fingerprint density at radius 2 is 1.84 bits per heavy atom. The fourth-order valence-electron chi connectivity index (χ4n) is 4.84. The van der Waals surface area contributed by atoms with Crippen LogP contribution in [0.1, 0.15) is 60.3 Å². The lowest BCUT2D eigenvalue weighted by molar-refractivity contribution is 0.0971. The summed E-state index contributed by atoms with van der Waals surface area (Å²) in [7, 11) is 1.55. The highest BCUT2D eigenvalue weighted by atomic mass is 79.9. The highest BCUT2D eigenvalue weighted by Crippen LogP contribution is 2.43. The summed E-state index contributed by atoms with van der Waals surface area (Å²) in [4.78, 5) is 29.0. The van der Waals surface area contributed by atoms with Crippen molar-refractivity contribution in [1.29, 1.82) is 0 Å². The summed E-state index contributed by atoms with van der Waals surface area (Å²) in [6, 6.07) is 15.5. The fraction of sp³-hybridized carbons (Fsp3) is 0.267. The van der Waals surface area contributed by atoms with Crippen LogP contribution in [0.4, 0.5) is 10.1 Å². The molecule has 0 saturated heterocycles. The topological polar surface area (TPSA) is 69.0 Å². The van der Waals surface area contributed by atoms with E-state index in [1.165, 1.54) is 17.0 Å². The lowest BCUT2D eigenvalue weighted by Gasteiger charge is -2.26. The number of fused-ring (bicyclic) bond motifs is 2. The van der Waals surface area contributed by atoms with Crippen LogP contribution in [0.3, 0.4) is 0 Å². The highest BCUT2D eigenvalue weighted by Gasteiger charge is 2.44. The number of ether oxygens (including phenoxy) is 2. The minimum absolute atomic E-state index is 0.0608. The first-order chi connectivity index (χ1) is 18.4. The average Bonchev–Trinajstić information content (AvgIpc) is 3.21. The maximum atomic E-state index is 14.1. The molecule has 0 fully saturated rings. The molecule has 4 aromatic rings. The molecule has 1 amide bonds. The van der Waals surface area contributed by atoms with E-state index >= 15 is 0 Å². The monoisotopic (exact) mass is 579 g/mol. The van der Waals surface area contributed by atoms with Crippen molar-refractivity contribution < 1.29 is 23.1 Å². The predicted octanol–water partition coefficient (Wildman–Crippen LogP) is 7.41. The van der Waals surface area contributed by atoms with Crippen LogP contribution in [0.25, 0.3) is 11.0 Å². The van der Waals surface area contributed by atoms with Crippen LogP contribution in [0.2, 0.25) is 0 Å². The molecular weight excluding hydrogens is 553 g/mol. The summed E-state index contributed by atoms with van der Waals surface area (Å²) in [5.41, 5.74) is 1.07. The molecule has 1 atom stereocenters. The summed E-state index contributed by atoms with van der Waals surface area (Å²) < 4.78 is 32.4. The number of carbonyl (C=O) groups is 1.